The smallest absolute Gasteiger partial charge is 0.246 e. The summed E-state index contributed by atoms with van der Waals surface area (Å²) in [5.74, 6) is -4.15. The van der Waals surface area contributed by atoms with Crippen molar-refractivity contribution in [2.24, 2.45) is 23.7 Å². The van der Waals surface area contributed by atoms with E-state index in [0.29, 0.717) is 18.4 Å². The fraction of sp³-hybridized carbons (Fsp3) is 0.675. The van der Waals surface area contributed by atoms with E-state index < -0.39 is 84.1 Å². The zero-order valence-corrected chi connectivity index (χ0v) is 33.7. The molecule has 0 aromatic heterocycles. The van der Waals surface area contributed by atoms with Crippen LogP contribution < -0.4 is 31.9 Å². The predicted molar refractivity (Wildman–Crippen MR) is 207 cm³/mol. The summed E-state index contributed by atoms with van der Waals surface area (Å²) in [6, 6.07) is -0.0354. The molecule has 3 rings (SSSR count). The maximum atomic E-state index is 14.4. The van der Waals surface area contributed by atoms with E-state index in [0.717, 1.165) is 0 Å². The number of fused-ring (bicyclic) bond motifs is 1. The highest BCUT2D eigenvalue weighted by Gasteiger charge is 2.40. The standard InChI is InChI=1S/C40H63N7O8/c1-22(2)16-28-35(50)41-21-34(49)42-29(17-23(3)4)36(51)43-30(18-24(5)6)37(52)44-31(19-25(7)8)38(53)46-32(20-26-11-13-27(48)14-12-26)40(55)47-15-9-10-33(47)39(54)45-28/h11-14,22-25,28-33,48H,9-10,15-21H2,1-8H3,(H,41,50)(H,42,49)(H,43,51)(H,44,52)(H,45,54)(H,46,53)/t28-,29-,30-,31-,32-,33-/m0/s1. The van der Waals surface area contributed by atoms with Gasteiger partial charge in [-0.05, 0) is 79.9 Å². The molecule has 15 heteroatoms. The van der Waals surface area contributed by atoms with Gasteiger partial charge in [0.25, 0.3) is 0 Å². The molecule has 0 unspecified atom stereocenters. The van der Waals surface area contributed by atoms with Crippen molar-refractivity contribution in [3.8, 4) is 5.75 Å². The van der Waals surface area contributed by atoms with E-state index in [2.05, 4.69) is 31.9 Å². The summed E-state index contributed by atoms with van der Waals surface area (Å²) >= 11 is 0. The number of rotatable bonds is 10. The molecule has 2 aliphatic heterocycles. The van der Waals surface area contributed by atoms with Gasteiger partial charge in [0.2, 0.25) is 41.4 Å². The van der Waals surface area contributed by atoms with Crippen molar-refractivity contribution in [2.45, 2.75) is 137 Å². The lowest BCUT2D eigenvalue weighted by atomic mass is 9.98. The average molecular weight is 770 g/mol. The van der Waals surface area contributed by atoms with Crippen molar-refractivity contribution in [3.63, 3.8) is 0 Å². The van der Waals surface area contributed by atoms with Crippen LogP contribution in [0.3, 0.4) is 0 Å². The van der Waals surface area contributed by atoms with Gasteiger partial charge in [-0.1, -0.05) is 67.5 Å². The number of nitrogens with zero attached hydrogens (tertiary/aromatic N) is 1. The summed E-state index contributed by atoms with van der Waals surface area (Å²) in [7, 11) is 0. The maximum Gasteiger partial charge on any atom is 0.246 e. The predicted octanol–water partition coefficient (Wildman–Crippen LogP) is 1.66. The number of phenols is 1. The summed E-state index contributed by atoms with van der Waals surface area (Å²) in [5, 5.41) is 26.5. The van der Waals surface area contributed by atoms with Crippen LogP contribution in [0.15, 0.2) is 24.3 Å². The summed E-state index contributed by atoms with van der Waals surface area (Å²) in [6.45, 7) is 14.9. The minimum Gasteiger partial charge on any atom is -0.508 e. The van der Waals surface area contributed by atoms with Crippen LogP contribution in [0.25, 0.3) is 0 Å². The molecule has 2 saturated heterocycles. The molecule has 0 radical (unpaired) electrons. The Morgan fingerprint density at radius 2 is 1.00 bits per heavy atom. The van der Waals surface area contributed by atoms with Crippen LogP contribution in [0.5, 0.6) is 5.75 Å². The number of carbonyl (C=O) groups is 7. The number of benzene rings is 1. The lowest BCUT2D eigenvalue weighted by Crippen LogP contribution is -2.60. The molecule has 2 fully saturated rings. The molecule has 1 aromatic carbocycles. The molecular weight excluding hydrogens is 706 g/mol. The Labute approximate surface area is 325 Å². The van der Waals surface area contributed by atoms with E-state index in [1.54, 1.807) is 12.1 Å². The highest BCUT2D eigenvalue weighted by molar-refractivity contribution is 5.98. The van der Waals surface area contributed by atoms with Crippen molar-refractivity contribution in [3.05, 3.63) is 29.8 Å². The molecule has 0 aliphatic carbocycles. The summed E-state index contributed by atoms with van der Waals surface area (Å²) in [4.78, 5) is 98.1. The molecule has 7 amide bonds. The molecule has 1 aromatic rings. The molecule has 15 nitrogen and oxygen atoms in total. The third kappa shape index (κ3) is 14.2. The normalized spacial score (nSPS) is 25.5. The number of hydrogen-bond acceptors (Lipinski definition) is 8. The SMILES string of the molecule is CC(C)C[C@@H]1NC(=O)CNC(=O)[C@H](CC(C)C)NC(=O)[C@@H]2CCCN2C(=O)[C@H](Cc2ccc(O)cc2)NC(=O)[C@H](CC(C)C)NC(=O)[C@H](CC(C)C)NC1=O. The number of nitrogens with one attached hydrogen (secondary N) is 6. The van der Waals surface area contributed by atoms with Crippen LogP contribution in [0.1, 0.15) is 99.5 Å². The second-order valence-electron chi connectivity index (χ2n) is 16.7. The van der Waals surface area contributed by atoms with Crippen LogP contribution in [-0.2, 0) is 40.0 Å². The van der Waals surface area contributed by atoms with E-state index in [-0.39, 0.29) is 68.1 Å². The van der Waals surface area contributed by atoms with Gasteiger partial charge in [0.05, 0.1) is 6.54 Å². The fourth-order valence-corrected chi connectivity index (χ4v) is 7.00. The van der Waals surface area contributed by atoms with E-state index in [9.17, 15) is 38.7 Å². The molecule has 2 heterocycles. The van der Waals surface area contributed by atoms with Gasteiger partial charge >= 0.3 is 0 Å². The molecule has 306 valence electrons. The molecule has 55 heavy (non-hydrogen) atoms. The van der Waals surface area contributed by atoms with Gasteiger partial charge < -0.3 is 41.9 Å². The first-order valence-electron chi connectivity index (χ1n) is 19.7. The van der Waals surface area contributed by atoms with Crippen molar-refractivity contribution in [2.75, 3.05) is 13.1 Å². The minimum absolute atomic E-state index is 0.0152. The van der Waals surface area contributed by atoms with Gasteiger partial charge in [-0.15, -0.1) is 0 Å². The van der Waals surface area contributed by atoms with E-state index in [1.807, 2.05) is 55.4 Å². The van der Waals surface area contributed by atoms with Gasteiger partial charge in [0.15, 0.2) is 0 Å². The van der Waals surface area contributed by atoms with Gasteiger partial charge in [-0.3, -0.25) is 33.6 Å². The quantitative estimate of drug-likeness (QED) is 0.185. The van der Waals surface area contributed by atoms with E-state index >= 15 is 0 Å². The second-order valence-corrected chi connectivity index (χ2v) is 16.7. The van der Waals surface area contributed by atoms with Crippen LogP contribution in [0.2, 0.25) is 0 Å². The number of phenolic OH excluding ortho intramolecular Hbond substituents is 1. The van der Waals surface area contributed by atoms with Crippen molar-refractivity contribution >= 4 is 41.4 Å². The Balaban J connectivity index is 2.09. The highest BCUT2D eigenvalue weighted by atomic mass is 16.3. The highest BCUT2D eigenvalue weighted by Crippen LogP contribution is 2.22. The third-order valence-corrected chi connectivity index (χ3v) is 9.63. The van der Waals surface area contributed by atoms with Gasteiger partial charge in [-0.2, -0.15) is 0 Å². The van der Waals surface area contributed by atoms with Crippen LogP contribution in [0, 0.1) is 23.7 Å². The first-order valence-corrected chi connectivity index (χ1v) is 19.7. The number of carbonyl (C=O) groups excluding carboxylic acids is 7. The maximum absolute atomic E-state index is 14.4. The van der Waals surface area contributed by atoms with Crippen molar-refractivity contribution in [1.82, 2.24) is 36.8 Å². The lowest BCUT2D eigenvalue weighted by molar-refractivity contribution is -0.142. The number of aromatic hydroxyl groups is 1. The van der Waals surface area contributed by atoms with Crippen LogP contribution in [0.4, 0.5) is 0 Å². The summed E-state index contributed by atoms with van der Waals surface area (Å²) in [6.07, 6.45) is 1.84. The van der Waals surface area contributed by atoms with Gasteiger partial charge in [0.1, 0.15) is 42.0 Å². The first kappa shape index (κ1) is 44.7. The molecular formula is C40H63N7O8. The third-order valence-electron chi connectivity index (χ3n) is 9.63. The topological polar surface area (TPSA) is 215 Å². The van der Waals surface area contributed by atoms with Crippen LogP contribution in [-0.4, -0.2) is 101 Å². The molecule has 2 aliphatic rings. The van der Waals surface area contributed by atoms with Crippen molar-refractivity contribution < 1.29 is 38.7 Å². The van der Waals surface area contributed by atoms with Crippen molar-refractivity contribution in [1.29, 1.82) is 0 Å². The molecule has 0 spiro atoms. The van der Waals surface area contributed by atoms with Gasteiger partial charge in [-0.25, -0.2) is 0 Å². The Kier molecular flexibility index (Phi) is 16.9. The lowest BCUT2D eigenvalue weighted by Gasteiger charge is -2.31. The molecule has 7 N–H and O–H groups in total. The summed E-state index contributed by atoms with van der Waals surface area (Å²) in [5.41, 5.74) is 0.638. The Morgan fingerprint density at radius 1 is 0.582 bits per heavy atom. The fourth-order valence-electron chi connectivity index (χ4n) is 7.00. The van der Waals surface area contributed by atoms with Crippen LogP contribution >= 0.6 is 0 Å². The largest absolute Gasteiger partial charge is 0.508 e. The zero-order valence-electron chi connectivity index (χ0n) is 33.7. The Hall–Kier alpha value is -4.69. The molecule has 0 bridgehead atoms. The number of hydrogen-bond donors (Lipinski definition) is 7. The van der Waals surface area contributed by atoms with E-state index in [4.69, 9.17) is 0 Å². The first-order chi connectivity index (χ1) is 25.8. The Morgan fingerprint density at radius 3 is 1.47 bits per heavy atom. The monoisotopic (exact) mass is 769 g/mol. The Bertz CT molecular complexity index is 1510. The molecule has 6 atom stereocenters. The average Bonchev–Trinajstić information content (AvgIpc) is 3.59. The van der Waals surface area contributed by atoms with E-state index in [1.165, 1.54) is 17.0 Å². The zero-order chi connectivity index (χ0) is 41.0. The van der Waals surface area contributed by atoms with Gasteiger partial charge in [0, 0.05) is 13.0 Å². The second kappa shape index (κ2) is 20.8. The number of amides is 7. The molecule has 0 saturated carbocycles. The summed E-state index contributed by atoms with van der Waals surface area (Å²) < 4.78 is 0. The minimum atomic E-state index is -1.15.